The molecule has 1 saturated heterocycles. The van der Waals surface area contributed by atoms with Crippen LogP contribution in [-0.2, 0) is 6.42 Å². The van der Waals surface area contributed by atoms with Crippen molar-refractivity contribution in [3.05, 3.63) is 35.4 Å². The van der Waals surface area contributed by atoms with Crippen molar-refractivity contribution in [1.82, 2.24) is 4.90 Å². The number of rotatable bonds is 4. The maximum Gasteiger partial charge on any atom is 0.0712 e. The maximum atomic E-state index is 10.8. The Bertz CT molecular complexity index is 405. The van der Waals surface area contributed by atoms with E-state index in [1.165, 1.54) is 11.1 Å². The van der Waals surface area contributed by atoms with Gasteiger partial charge in [-0.2, -0.15) is 0 Å². The molecule has 2 heteroatoms. The highest BCUT2D eigenvalue weighted by Gasteiger charge is 2.32. The highest BCUT2D eigenvalue weighted by molar-refractivity contribution is 5.27. The van der Waals surface area contributed by atoms with Gasteiger partial charge >= 0.3 is 0 Å². The van der Waals surface area contributed by atoms with Gasteiger partial charge < -0.3 is 10.0 Å². The van der Waals surface area contributed by atoms with Crippen molar-refractivity contribution in [2.24, 2.45) is 5.92 Å². The van der Waals surface area contributed by atoms with Crippen molar-refractivity contribution < 1.29 is 5.11 Å². The van der Waals surface area contributed by atoms with Crippen molar-refractivity contribution in [2.45, 2.75) is 45.6 Å². The topological polar surface area (TPSA) is 23.5 Å². The molecule has 0 atom stereocenters. The lowest BCUT2D eigenvalue weighted by Gasteiger charge is -2.39. The highest BCUT2D eigenvalue weighted by Crippen LogP contribution is 2.27. The first-order valence-corrected chi connectivity index (χ1v) is 7.48. The fraction of sp³-hybridized carbons (Fsp3) is 0.647. The molecule has 1 aliphatic rings. The predicted molar refractivity (Wildman–Crippen MR) is 80.3 cm³/mol. The van der Waals surface area contributed by atoms with Crippen LogP contribution in [0.5, 0.6) is 0 Å². The Hall–Kier alpha value is -0.860. The Morgan fingerprint density at radius 1 is 1.21 bits per heavy atom. The molecule has 106 valence electrons. The van der Waals surface area contributed by atoms with Gasteiger partial charge in [-0.3, -0.25) is 0 Å². The van der Waals surface area contributed by atoms with Gasteiger partial charge in [0, 0.05) is 26.1 Å². The standard InChI is InChI=1S/C17H27NO/c1-14(2)13-18-10-8-17(19,9-11-18)12-16-7-5-4-6-15(16)3/h4-7,14,19H,8-13H2,1-3H3. The summed E-state index contributed by atoms with van der Waals surface area (Å²) in [4.78, 5) is 2.48. The van der Waals surface area contributed by atoms with Gasteiger partial charge in [0.05, 0.1) is 5.60 Å². The molecule has 0 saturated carbocycles. The predicted octanol–water partition coefficient (Wildman–Crippen LogP) is 3.02. The van der Waals surface area contributed by atoms with E-state index >= 15 is 0 Å². The molecule has 0 bridgehead atoms. The lowest BCUT2D eigenvalue weighted by molar-refractivity contribution is -0.0228. The van der Waals surface area contributed by atoms with Crippen molar-refractivity contribution >= 4 is 0 Å². The van der Waals surface area contributed by atoms with Crippen molar-refractivity contribution in [1.29, 1.82) is 0 Å². The van der Waals surface area contributed by atoms with Crippen LogP contribution >= 0.6 is 0 Å². The van der Waals surface area contributed by atoms with Crippen LogP contribution in [0.15, 0.2) is 24.3 Å². The zero-order valence-electron chi connectivity index (χ0n) is 12.5. The van der Waals surface area contributed by atoms with E-state index in [0.29, 0.717) is 5.92 Å². The van der Waals surface area contributed by atoms with E-state index in [4.69, 9.17) is 0 Å². The smallest absolute Gasteiger partial charge is 0.0712 e. The summed E-state index contributed by atoms with van der Waals surface area (Å²) < 4.78 is 0. The van der Waals surface area contributed by atoms with Gasteiger partial charge in [-0.25, -0.2) is 0 Å². The van der Waals surface area contributed by atoms with Crippen molar-refractivity contribution in [3.63, 3.8) is 0 Å². The lowest BCUT2D eigenvalue weighted by Crippen LogP contribution is -2.46. The Kier molecular flexibility index (Phi) is 4.64. The van der Waals surface area contributed by atoms with Crippen LogP contribution in [0.1, 0.15) is 37.8 Å². The summed E-state index contributed by atoms with van der Waals surface area (Å²) in [5.41, 5.74) is 2.09. The zero-order valence-corrected chi connectivity index (χ0v) is 12.5. The molecule has 1 aromatic rings. The maximum absolute atomic E-state index is 10.8. The average Bonchev–Trinajstić information content (AvgIpc) is 2.35. The third kappa shape index (κ3) is 4.05. The van der Waals surface area contributed by atoms with Crippen LogP contribution in [0.3, 0.4) is 0 Å². The van der Waals surface area contributed by atoms with Gasteiger partial charge in [0.2, 0.25) is 0 Å². The van der Waals surface area contributed by atoms with Gasteiger partial charge in [0.15, 0.2) is 0 Å². The molecule has 1 fully saturated rings. The minimum Gasteiger partial charge on any atom is -0.389 e. The number of piperidine rings is 1. The number of aliphatic hydroxyl groups is 1. The minimum absolute atomic E-state index is 0.500. The number of hydrogen-bond acceptors (Lipinski definition) is 2. The third-order valence-electron chi connectivity index (χ3n) is 4.19. The van der Waals surface area contributed by atoms with Crippen LogP contribution in [0.25, 0.3) is 0 Å². The first-order chi connectivity index (χ1) is 8.98. The highest BCUT2D eigenvalue weighted by atomic mass is 16.3. The average molecular weight is 261 g/mol. The molecule has 0 aromatic heterocycles. The second-order valence-corrected chi connectivity index (χ2v) is 6.52. The molecule has 2 nitrogen and oxygen atoms in total. The van der Waals surface area contributed by atoms with E-state index in [1.54, 1.807) is 0 Å². The van der Waals surface area contributed by atoms with Gasteiger partial charge in [0.25, 0.3) is 0 Å². The summed E-state index contributed by atoms with van der Waals surface area (Å²) in [6, 6.07) is 8.41. The number of aryl methyl sites for hydroxylation is 1. The third-order valence-corrected chi connectivity index (χ3v) is 4.19. The Morgan fingerprint density at radius 2 is 1.84 bits per heavy atom. The second kappa shape index (κ2) is 6.06. The minimum atomic E-state index is -0.500. The quantitative estimate of drug-likeness (QED) is 0.900. The van der Waals surface area contributed by atoms with E-state index in [9.17, 15) is 5.11 Å². The Morgan fingerprint density at radius 3 is 2.42 bits per heavy atom. The molecule has 2 rings (SSSR count). The second-order valence-electron chi connectivity index (χ2n) is 6.52. The largest absolute Gasteiger partial charge is 0.389 e. The molecule has 0 amide bonds. The van der Waals surface area contributed by atoms with Gasteiger partial charge in [-0.05, 0) is 36.8 Å². The fourth-order valence-corrected chi connectivity index (χ4v) is 3.01. The van der Waals surface area contributed by atoms with Crippen LogP contribution < -0.4 is 0 Å². The summed E-state index contributed by atoms with van der Waals surface area (Å²) in [6.45, 7) is 9.86. The molecule has 1 aliphatic heterocycles. The summed E-state index contributed by atoms with van der Waals surface area (Å²) >= 11 is 0. The van der Waals surface area contributed by atoms with E-state index in [-0.39, 0.29) is 0 Å². The number of benzene rings is 1. The monoisotopic (exact) mass is 261 g/mol. The van der Waals surface area contributed by atoms with Crippen LogP contribution in [-0.4, -0.2) is 35.2 Å². The van der Waals surface area contributed by atoms with E-state index in [1.807, 2.05) is 0 Å². The number of likely N-dealkylation sites (tertiary alicyclic amines) is 1. The molecule has 1 aromatic carbocycles. The van der Waals surface area contributed by atoms with Gasteiger partial charge in [-0.1, -0.05) is 38.1 Å². The normalized spacial score (nSPS) is 19.8. The number of hydrogen-bond donors (Lipinski definition) is 1. The van der Waals surface area contributed by atoms with Crippen molar-refractivity contribution in [3.8, 4) is 0 Å². The molecule has 1 N–H and O–H groups in total. The molecular weight excluding hydrogens is 234 g/mol. The van der Waals surface area contributed by atoms with Crippen LogP contribution in [0, 0.1) is 12.8 Å². The first-order valence-electron chi connectivity index (χ1n) is 7.48. The Balaban J connectivity index is 1.93. The summed E-state index contributed by atoms with van der Waals surface area (Å²) in [5, 5.41) is 10.8. The molecular formula is C17H27NO. The molecule has 0 aliphatic carbocycles. The molecule has 0 spiro atoms. The molecule has 1 heterocycles. The number of nitrogens with zero attached hydrogens (tertiary/aromatic N) is 1. The fourth-order valence-electron chi connectivity index (χ4n) is 3.01. The van der Waals surface area contributed by atoms with Crippen LogP contribution in [0.4, 0.5) is 0 Å². The van der Waals surface area contributed by atoms with Gasteiger partial charge in [-0.15, -0.1) is 0 Å². The molecule has 0 unspecified atom stereocenters. The summed E-state index contributed by atoms with van der Waals surface area (Å²) in [5.74, 6) is 0.711. The van der Waals surface area contributed by atoms with Crippen molar-refractivity contribution in [2.75, 3.05) is 19.6 Å². The molecule has 19 heavy (non-hydrogen) atoms. The Labute approximate surface area is 117 Å². The SMILES string of the molecule is Cc1ccccc1CC1(O)CCN(CC(C)C)CC1. The summed E-state index contributed by atoms with van der Waals surface area (Å²) in [6.07, 6.45) is 2.59. The van der Waals surface area contributed by atoms with E-state index in [2.05, 4.69) is 49.9 Å². The zero-order chi connectivity index (χ0) is 13.9. The lowest BCUT2D eigenvalue weighted by atomic mass is 9.84. The van der Waals surface area contributed by atoms with Gasteiger partial charge in [0.1, 0.15) is 0 Å². The van der Waals surface area contributed by atoms with Crippen LogP contribution in [0.2, 0.25) is 0 Å². The summed E-state index contributed by atoms with van der Waals surface area (Å²) in [7, 11) is 0. The first kappa shape index (κ1) is 14.5. The van der Waals surface area contributed by atoms with E-state index < -0.39 is 5.60 Å². The van der Waals surface area contributed by atoms with E-state index in [0.717, 1.165) is 38.9 Å². The molecule has 0 radical (unpaired) electrons.